The number of rotatable bonds is 9. The van der Waals surface area contributed by atoms with Gasteiger partial charge in [-0.2, -0.15) is 0 Å². The number of thiophene rings is 1. The van der Waals surface area contributed by atoms with Crippen molar-refractivity contribution in [3.63, 3.8) is 0 Å². The quantitative estimate of drug-likeness (QED) is 0.681. The largest absolute Gasteiger partial charge is 0.312 e. The van der Waals surface area contributed by atoms with Gasteiger partial charge in [0.1, 0.15) is 4.90 Å². The van der Waals surface area contributed by atoms with Gasteiger partial charge < -0.3 is 5.32 Å². The molecule has 0 fully saturated rings. The summed E-state index contributed by atoms with van der Waals surface area (Å²) in [5.41, 5.74) is 0.441. The summed E-state index contributed by atoms with van der Waals surface area (Å²) < 4.78 is 28.4. The SMILES string of the molecule is CCCNCc1scc(C)c1S(=O)(=O)NC(C)(CC)CC. The van der Waals surface area contributed by atoms with E-state index in [0.717, 1.165) is 36.2 Å². The third-order valence-electron chi connectivity index (χ3n) is 3.91. The van der Waals surface area contributed by atoms with Crippen LogP contribution in [0.3, 0.4) is 0 Å². The lowest BCUT2D eigenvalue weighted by atomic mass is 9.98. The van der Waals surface area contributed by atoms with Gasteiger partial charge in [-0.3, -0.25) is 0 Å². The van der Waals surface area contributed by atoms with Gasteiger partial charge in [0.2, 0.25) is 10.0 Å². The van der Waals surface area contributed by atoms with Gasteiger partial charge in [0, 0.05) is 17.0 Å². The zero-order valence-corrected chi connectivity index (χ0v) is 15.4. The first-order valence-corrected chi connectivity index (χ1v) is 9.97. The summed E-state index contributed by atoms with van der Waals surface area (Å²) in [5, 5.41) is 5.21. The Labute approximate surface area is 133 Å². The van der Waals surface area contributed by atoms with Crippen LogP contribution in [-0.2, 0) is 16.6 Å². The Morgan fingerprint density at radius 2 is 1.86 bits per heavy atom. The molecule has 1 heterocycles. The van der Waals surface area contributed by atoms with Crippen LogP contribution in [0.25, 0.3) is 0 Å². The summed E-state index contributed by atoms with van der Waals surface area (Å²) in [4.78, 5) is 1.35. The molecule has 0 spiro atoms. The molecule has 0 aliphatic carbocycles. The van der Waals surface area contributed by atoms with Gasteiger partial charge in [0.15, 0.2) is 0 Å². The van der Waals surface area contributed by atoms with Crippen LogP contribution < -0.4 is 10.0 Å². The van der Waals surface area contributed by atoms with Crippen LogP contribution in [0.4, 0.5) is 0 Å². The maximum atomic E-state index is 12.8. The van der Waals surface area contributed by atoms with E-state index < -0.39 is 10.0 Å². The maximum Gasteiger partial charge on any atom is 0.242 e. The minimum absolute atomic E-state index is 0.388. The Balaban J connectivity index is 3.05. The van der Waals surface area contributed by atoms with Crippen LogP contribution in [0.1, 0.15) is 57.4 Å². The number of nitrogens with one attached hydrogen (secondary N) is 2. The Hall–Kier alpha value is -0.430. The van der Waals surface area contributed by atoms with Gasteiger partial charge >= 0.3 is 0 Å². The van der Waals surface area contributed by atoms with Crippen LogP contribution in [0, 0.1) is 6.92 Å². The first-order valence-electron chi connectivity index (χ1n) is 7.61. The average Bonchev–Trinajstić information content (AvgIpc) is 2.80. The number of hydrogen-bond donors (Lipinski definition) is 2. The van der Waals surface area contributed by atoms with Crippen LogP contribution >= 0.6 is 11.3 Å². The van der Waals surface area contributed by atoms with E-state index in [1.807, 2.05) is 33.1 Å². The van der Waals surface area contributed by atoms with Crippen molar-refractivity contribution in [2.45, 2.75) is 70.9 Å². The first kappa shape index (κ1) is 18.6. The molecular formula is C15H28N2O2S2. The third-order valence-corrected chi connectivity index (χ3v) is 7.01. The predicted octanol–water partition coefficient (Wildman–Crippen LogP) is 3.41. The van der Waals surface area contributed by atoms with Gasteiger partial charge in [-0.25, -0.2) is 13.1 Å². The smallest absolute Gasteiger partial charge is 0.242 e. The summed E-state index contributed by atoms with van der Waals surface area (Å²) in [6, 6.07) is 0. The minimum atomic E-state index is -3.48. The van der Waals surface area contributed by atoms with E-state index in [1.54, 1.807) is 0 Å². The lowest BCUT2D eigenvalue weighted by Crippen LogP contribution is -2.45. The van der Waals surface area contributed by atoms with Gasteiger partial charge in [-0.05, 0) is 50.6 Å². The molecule has 0 radical (unpaired) electrons. The van der Waals surface area contributed by atoms with Crippen LogP contribution in [0.15, 0.2) is 10.3 Å². The lowest BCUT2D eigenvalue weighted by molar-refractivity contribution is 0.388. The molecule has 1 aromatic rings. The summed E-state index contributed by atoms with van der Waals surface area (Å²) in [5.74, 6) is 0. The van der Waals surface area contributed by atoms with Crippen LogP contribution in [0.2, 0.25) is 0 Å². The molecule has 0 aliphatic heterocycles. The predicted molar refractivity (Wildman–Crippen MR) is 90.4 cm³/mol. The molecule has 0 atom stereocenters. The fraction of sp³-hybridized carbons (Fsp3) is 0.733. The first-order chi connectivity index (χ1) is 9.79. The normalized spacial score (nSPS) is 12.8. The fourth-order valence-electron chi connectivity index (χ4n) is 2.12. The second kappa shape index (κ2) is 7.72. The zero-order chi connectivity index (χ0) is 16.1. The van der Waals surface area contributed by atoms with Crippen molar-refractivity contribution in [3.8, 4) is 0 Å². The lowest BCUT2D eigenvalue weighted by Gasteiger charge is -2.28. The van der Waals surface area contributed by atoms with Crippen LogP contribution in [-0.4, -0.2) is 20.5 Å². The van der Waals surface area contributed by atoms with E-state index in [2.05, 4.69) is 17.0 Å². The molecule has 0 unspecified atom stereocenters. The molecular weight excluding hydrogens is 304 g/mol. The molecule has 1 aromatic heterocycles. The molecule has 0 aromatic carbocycles. The molecule has 4 nitrogen and oxygen atoms in total. The molecule has 0 amide bonds. The Bertz CT molecular complexity index is 546. The fourth-order valence-corrected chi connectivity index (χ4v) is 5.45. The van der Waals surface area contributed by atoms with Gasteiger partial charge in [0.05, 0.1) is 0 Å². The Morgan fingerprint density at radius 1 is 1.24 bits per heavy atom. The van der Waals surface area contributed by atoms with Crippen molar-refractivity contribution in [2.24, 2.45) is 0 Å². The zero-order valence-electron chi connectivity index (χ0n) is 13.7. The molecule has 122 valence electrons. The molecule has 0 bridgehead atoms. The van der Waals surface area contributed by atoms with Gasteiger partial charge in [-0.15, -0.1) is 11.3 Å². The van der Waals surface area contributed by atoms with E-state index in [4.69, 9.17) is 0 Å². The number of hydrogen-bond acceptors (Lipinski definition) is 4. The number of sulfonamides is 1. The van der Waals surface area contributed by atoms with E-state index in [9.17, 15) is 8.42 Å². The van der Waals surface area contributed by atoms with E-state index in [1.165, 1.54) is 11.3 Å². The van der Waals surface area contributed by atoms with Crippen molar-refractivity contribution in [1.82, 2.24) is 10.0 Å². The Kier molecular flexibility index (Phi) is 6.84. The van der Waals surface area contributed by atoms with Crippen molar-refractivity contribution >= 4 is 21.4 Å². The highest BCUT2D eigenvalue weighted by Gasteiger charge is 2.30. The van der Waals surface area contributed by atoms with E-state index in [0.29, 0.717) is 11.4 Å². The second-order valence-corrected chi connectivity index (χ2v) is 8.30. The molecule has 21 heavy (non-hydrogen) atoms. The molecule has 0 saturated heterocycles. The van der Waals surface area contributed by atoms with Crippen molar-refractivity contribution in [3.05, 3.63) is 15.8 Å². The maximum absolute atomic E-state index is 12.8. The Morgan fingerprint density at radius 3 is 2.38 bits per heavy atom. The molecule has 2 N–H and O–H groups in total. The minimum Gasteiger partial charge on any atom is -0.312 e. The van der Waals surface area contributed by atoms with Crippen molar-refractivity contribution in [2.75, 3.05) is 6.54 Å². The van der Waals surface area contributed by atoms with Gasteiger partial charge in [0.25, 0.3) is 0 Å². The second-order valence-electron chi connectivity index (χ2n) is 5.72. The van der Waals surface area contributed by atoms with Crippen molar-refractivity contribution in [1.29, 1.82) is 0 Å². The molecule has 1 rings (SSSR count). The van der Waals surface area contributed by atoms with Gasteiger partial charge in [-0.1, -0.05) is 20.8 Å². The highest BCUT2D eigenvalue weighted by atomic mass is 32.2. The highest BCUT2D eigenvalue weighted by molar-refractivity contribution is 7.89. The molecule has 0 saturated carbocycles. The highest BCUT2D eigenvalue weighted by Crippen LogP contribution is 2.28. The summed E-state index contributed by atoms with van der Waals surface area (Å²) in [6.07, 6.45) is 2.58. The number of aryl methyl sites for hydroxylation is 1. The monoisotopic (exact) mass is 332 g/mol. The standard InChI is InChI=1S/C15H28N2O2S2/c1-6-9-16-10-13-14(12(4)11-20-13)21(18,19)17-15(5,7-2)8-3/h11,16-17H,6-10H2,1-5H3. The van der Waals surface area contributed by atoms with Crippen LogP contribution in [0.5, 0.6) is 0 Å². The van der Waals surface area contributed by atoms with E-state index in [-0.39, 0.29) is 5.54 Å². The van der Waals surface area contributed by atoms with Crippen molar-refractivity contribution < 1.29 is 8.42 Å². The third kappa shape index (κ3) is 4.77. The summed E-state index contributed by atoms with van der Waals surface area (Å²) >= 11 is 1.51. The van der Waals surface area contributed by atoms with E-state index >= 15 is 0 Å². The summed E-state index contributed by atoms with van der Waals surface area (Å²) in [6.45, 7) is 11.4. The molecule has 6 heteroatoms. The summed E-state index contributed by atoms with van der Waals surface area (Å²) in [7, 11) is -3.48. The molecule has 0 aliphatic rings. The average molecular weight is 333 g/mol. The topological polar surface area (TPSA) is 58.2 Å².